The van der Waals surface area contributed by atoms with Crippen LogP contribution in [0.2, 0.25) is 0 Å². The van der Waals surface area contributed by atoms with Crippen molar-refractivity contribution in [3.05, 3.63) is 17.7 Å². The number of rotatable bonds is 1. The van der Waals surface area contributed by atoms with E-state index < -0.39 is 11.6 Å². The van der Waals surface area contributed by atoms with Crippen LogP contribution in [0.3, 0.4) is 0 Å². The molecule has 5 nitrogen and oxygen atoms in total. The summed E-state index contributed by atoms with van der Waals surface area (Å²) in [5.41, 5.74) is 1.32. The number of H-pyrrole nitrogens is 1. The van der Waals surface area contributed by atoms with Crippen molar-refractivity contribution in [2.24, 2.45) is 0 Å². The van der Waals surface area contributed by atoms with Gasteiger partial charge < -0.3 is 9.72 Å². The van der Waals surface area contributed by atoms with E-state index in [1.807, 2.05) is 20.8 Å². The standard InChI is InChI=1S/C11H17N3O2/c1-11(2,3)16-10(15)9-8-7(4-5-12-9)13-6-14-8/h6,9,12H,4-5H2,1-3H3,(H,13,14). The molecule has 2 heterocycles. The molecule has 1 atom stereocenters. The van der Waals surface area contributed by atoms with Gasteiger partial charge in [-0.15, -0.1) is 0 Å². The molecule has 1 aliphatic rings. The molecular formula is C11H17N3O2. The molecule has 0 aliphatic carbocycles. The number of carbonyl (C=O) groups excluding carboxylic acids is 1. The molecule has 1 aromatic heterocycles. The Hall–Kier alpha value is -1.36. The van der Waals surface area contributed by atoms with Crippen LogP contribution in [-0.2, 0) is 16.0 Å². The fourth-order valence-corrected chi connectivity index (χ4v) is 1.77. The molecule has 2 rings (SSSR count). The number of fused-ring (bicyclic) bond motifs is 1. The largest absolute Gasteiger partial charge is 0.459 e. The summed E-state index contributed by atoms with van der Waals surface area (Å²) >= 11 is 0. The van der Waals surface area contributed by atoms with Gasteiger partial charge >= 0.3 is 5.97 Å². The lowest BCUT2D eigenvalue weighted by atomic mass is 10.1. The number of aromatic amines is 1. The predicted molar refractivity (Wildman–Crippen MR) is 58.9 cm³/mol. The number of nitrogens with zero attached hydrogens (tertiary/aromatic N) is 1. The fourth-order valence-electron chi connectivity index (χ4n) is 1.77. The lowest BCUT2D eigenvalue weighted by Crippen LogP contribution is -2.39. The molecule has 2 N–H and O–H groups in total. The fraction of sp³-hybridized carbons (Fsp3) is 0.636. The van der Waals surface area contributed by atoms with E-state index in [0.717, 1.165) is 24.4 Å². The van der Waals surface area contributed by atoms with E-state index in [4.69, 9.17) is 4.74 Å². The van der Waals surface area contributed by atoms with Crippen molar-refractivity contribution >= 4 is 5.97 Å². The summed E-state index contributed by atoms with van der Waals surface area (Å²) in [4.78, 5) is 19.2. The highest BCUT2D eigenvalue weighted by atomic mass is 16.6. The molecule has 5 heteroatoms. The van der Waals surface area contributed by atoms with Gasteiger partial charge in [0.05, 0.1) is 12.0 Å². The van der Waals surface area contributed by atoms with Gasteiger partial charge in [-0.05, 0) is 20.8 Å². The van der Waals surface area contributed by atoms with Crippen LogP contribution in [-0.4, -0.2) is 28.1 Å². The summed E-state index contributed by atoms with van der Waals surface area (Å²) < 4.78 is 5.35. The summed E-state index contributed by atoms with van der Waals surface area (Å²) in [7, 11) is 0. The van der Waals surface area contributed by atoms with Crippen LogP contribution in [0.4, 0.5) is 0 Å². The number of esters is 1. The third-order valence-electron chi connectivity index (χ3n) is 2.39. The number of carbonyl (C=O) groups is 1. The zero-order chi connectivity index (χ0) is 11.8. The monoisotopic (exact) mass is 223 g/mol. The van der Waals surface area contributed by atoms with Gasteiger partial charge in [0.25, 0.3) is 0 Å². The number of hydrogen-bond acceptors (Lipinski definition) is 4. The Morgan fingerprint density at radius 2 is 2.31 bits per heavy atom. The highest BCUT2D eigenvalue weighted by Gasteiger charge is 2.31. The summed E-state index contributed by atoms with van der Waals surface area (Å²) in [5.74, 6) is -0.263. The Bertz CT molecular complexity index is 392. The number of aromatic nitrogens is 2. The van der Waals surface area contributed by atoms with Gasteiger partial charge in [-0.3, -0.25) is 5.32 Å². The van der Waals surface area contributed by atoms with Crippen LogP contribution in [0.15, 0.2) is 6.33 Å². The molecule has 16 heavy (non-hydrogen) atoms. The first kappa shape index (κ1) is 11.1. The Kier molecular flexibility index (Phi) is 2.71. The van der Waals surface area contributed by atoms with Crippen LogP contribution >= 0.6 is 0 Å². The third-order valence-corrected chi connectivity index (χ3v) is 2.39. The van der Waals surface area contributed by atoms with E-state index in [-0.39, 0.29) is 5.97 Å². The zero-order valence-corrected chi connectivity index (χ0v) is 9.83. The molecule has 88 valence electrons. The molecule has 1 aliphatic heterocycles. The molecule has 0 saturated carbocycles. The van der Waals surface area contributed by atoms with Gasteiger partial charge in [-0.2, -0.15) is 0 Å². The highest BCUT2D eigenvalue weighted by molar-refractivity contribution is 5.78. The molecule has 0 fully saturated rings. The summed E-state index contributed by atoms with van der Waals surface area (Å²) in [6, 6.07) is -0.436. The van der Waals surface area contributed by atoms with E-state index >= 15 is 0 Å². The third kappa shape index (κ3) is 2.24. The van der Waals surface area contributed by atoms with Crippen LogP contribution in [0, 0.1) is 0 Å². The van der Waals surface area contributed by atoms with Gasteiger partial charge in [0.15, 0.2) is 6.04 Å². The van der Waals surface area contributed by atoms with Gasteiger partial charge in [-0.1, -0.05) is 0 Å². The zero-order valence-electron chi connectivity index (χ0n) is 9.83. The maximum atomic E-state index is 11.9. The minimum atomic E-state index is -0.466. The lowest BCUT2D eigenvalue weighted by molar-refractivity contribution is -0.158. The SMILES string of the molecule is CC(C)(C)OC(=O)C1NCCc2[nH]cnc21. The van der Waals surface area contributed by atoms with Crippen molar-refractivity contribution in [3.63, 3.8) is 0 Å². The number of imidazole rings is 1. The second kappa shape index (κ2) is 3.90. The van der Waals surface area contributed by atoms with E-state index in [2.05, 4.69) is 15.3 Å². The van der Waals surface area contributed by atoms with Crippen molar-refractivity contribution in [1.29, 1.82) is 0 Å². The van der Waals surface area contributed by atoms with Crippen LogP contribution in [0.1, 0.15) is 38.2 Å². The van der Waals surface area contributed by atoms with Crippen molar-refractivity contribution in [2.45, 2.75) is 38.8 Å². The summed E-state index contributed by atoms with van der Waals surface area (Å²) in [6.07, 6.45) is 2.49. The van der Waals surface area contributed by atoms with E-state index in [9.17, 15) is 4.79 Å². The van der Waals surface area contributed by atoms with Crippen LogP contribution in [0.5, 0.6) is 0 Å². The van der Waals surface area contributed by atoms with E-state index in [0.29, 0.717) is 0 Å². The van der Waals surface area contributed by atoms with Crippen molar-refractivity contribution < 1.29 is 9.53 Å². The van der Waals surface area contributed by atoms with Gasteiger partial charge in [0.1, 0.15) is 5.60 Å². The number of hydrogen-bond donors (Lipinski definition) is 2. The molecular weight excluding hydrogens is 206 g/mol. The first-order valence-electron chi connectivity index (χ1n) is 5.46. The quantitative estimate of drug-likeness (QED) is 0.695. The molecule has 0 amide bonds. The Labute approximate surface area is 94.6 Å². The van der Waals surface area contributed by atoms with Gasteiger partial charge in [-0.25, -0.2) is 9.78 Å². The number of ether oxygens (including phenoxy) is 1. The second-order valence-electron chi connectivity index (χ2n) is 4.94. The van der Waals surface area contributed by atoms with Gasteiger partial charge in [0, 0.05) is 18.7 Å². The molecule has 0 radical (unpaired) electrons. The minimum Gasteiger partial charge on any atom is -0.459 e. The predicted octanol–water partition coefficient (Wildman–Crippen LogP) is 0.938. The summed E-state index contributed by atoms with van der Waals surface area (Å²) in [6.45, 7) is 6.34. The van der Waals surface area contributed by atoms with Crippen LogP contribution in [0.25, 0.3) is 0 Å². The van der Waals surface area contributed by atoms with Crippen LogP contribution < -0.4 is 5.32 Å². The van der Waals surface area contributed by atoms with E-state index in [1.165, 1.54) is 0 Å². The highest BCUT2D eigenvalue weighted by Crippen LogP contribution is 2.22. The van der Waals surface area contributed by atoms with Crippen molar-refractivity contribution in [2.75, 3.05) is 6.54 Å². The van der Waals surface area contributed by atoms with Gasteiger partial charge in [0.2, 0.25) is 0 Å². The topological polar surface area (TPSA) is 67.0 Å². The van der Waals surface area contributed by atoms with Crippen molar-refractivity contribution in [3.8, 4) is 0 Å². The molecule has 1 aromatic rings. The molecule has 0 aromatic carbocycles. The van der Waals surface area contributed by atoms with E-state index in [1.54, 1.807) is 6.33 Å². The summed E-state index contributed by atoms with van der Waals surface area (Å²) in [5, 5.41) is 3.13. The average Bonchev–Trinajstić information content (AvgIpc) is 2.61. The Morgan fingerprint density at radius 1 is 1.56 bits per heavy atom. The Balaban J connectivity index is 2.15. The first-order valence-corrected chi connectivity index (χ1v) is 5.46. The molecule has 0 saturated heterocycles. The minimum absolute atomic E-state index is 0.263. The average molecular weight is 223 g/mol. The molecule has 0 bridgehead atoms. The maximum Gasteiger partial charge on any atom is 0.330 e. The normalized spacial score (nSPS) is 20.3. The maximum absolute atomic E-state index is 11.9. The molecule has 1 unspecified atom stereocenters. The second-order valence-corrected chi connectivity index (χ2v) is 4.94. The molecule has 0 spiro atoms. The lowest BCUT2D eigenvalue weighted by Gasteiger charge is -2.26. The Morgan fingerprint density at radius 3 is 3.00 bits per heavy atom. The van der Waals surface area contributed by atoms with Crippen molar-refractivity contribution in [1.82, 2.24) is 15.3 Å². The smallest absolute Gasteiger partial charge is 0.330 e. The number of nitrogens with one attached hydrogen (secondary N) is 2. The first-order chi connectivity index (χ1) is 7.47.